The van der Waals surface area contributed by atoms with Crippen molar-refractivity contribution in [3.63, 3.8) is 0 Å². The molecule has 0 saturated carbocycles. The lowest BCUT2D eigenvalue weighted by Crippen LogP contribution is -2.40. The number of benzene rings is 1. The van der Waals surface area contributed by atoms with Crippen molar-refractivity contribution in [1.82, 2.24) is 19.9 Å². The van der Waals surface area contributed by atoms with Crippen molar-refractivity contribution in [1.29, 1.82) is 0 Å². The molecule has 7 heteroatoms. The van der Waals surface area contributed by atoms with Gasteiger partial charge in [-0.1, -0.05) is 12.1 Å². The first-order valence-corrected chi connectivity index (χ1v) is 9.96. The van der Waals surface area contributed by atoms with Gasteiger partial charge in [-0.25, -0.2) is 9.97 Å². The van der Waals surface area contributed by atoms with Crippen LogP contribution < -0.4 is 5.73 Å². The summed E-state index contributed by atoms with van der Waals surface area (Å²) in [5.74, 6) is 1.69. The van der Waals surface area contributed by atoms with Crippen LogP contribution in [0, 0.1) is 5.92 Å². The summed E-state index contributed by atoms with van der Waals surface area (Å²) < 4.78 is 0. The largest absolute Gasteiger partial charge is 0.375 e. The average Bonchev–Trinajstić information content (AvgIpc) is 3.25. The van der Waals surface area contributed by atoms with E-state index in [1.807, 2.05) is 34.5 Å². The molecule has 1 fully saturated rings. The number of aromatic nitrogens is 3. The van der Waals surface area contributed by atoms with Gasteiger partial charge in [-0.2, -0.15) is 0 Å². The smallest absolute Gasteiger partial charge is 0.222 e. The van der Waals surface area contributed by atoms with Gasteiger partial charge in [0, 0.05) is 31.3 Å². The number of anilines is 1. The number of carbonyl (C=O) groups is 1. The SMILES string of the molecule is Nc1nc(CCC(=O)N2CCC[C@@H](Cc3nc4ccccc4[nH]3)C2)cs1. The van der Waals surface area contributed by atoms with Crippen molar-refractivity contribution in [2.75, 3.05) is 18.8 Å². The molecule has 0 radical (unpaired) electrons. The van der Waals surface area contributed by atoms with Gasteiger partial charge >= 0.3 is 0 Å². The molecule has 1 amide bonds. The second-order valence-electron chi connectivity index (χ2n) is 6.93. The summed E-state index contributed by atoms with van der Waals surface area (Å²) in [5.41, 5.74) is 8.65. The monoisotopic (exact) mass is 369 g/mol. The molecule has 1 atom stereocenters. The molecule has 2 aromatic heterocycles. The van der Waals surface area contributed by atoms with Crippen molar-refractivity contribution in [2.45, 2.75) is 32.1 Å². The number of nitrogens with one attached hydrogen (secondary N) is 1. The number of para-hydroxylation sites is 2. The van der Waals surface area contributed by atoms with Gasteiger partial charge in [0.15, 0.2) is 5.13 Å². The third-order valence-electron chi connectivity index (χ3n) is 4.96. The Balaban J connectivity index is 1.33. The third kappa shape index (κ3) is 3.88. The van der Waals surface area contributed by atoms with Crippen LogP contribution in [-0.2, 0) is 17.6 Å². The first-order chi connectivity index (χ1) is 12.7. The van der Waals surface area contributed by atoms with Crippen molar-refractivity contribution in [3.8, 4) is 0 Å². The van der Waals surface area contributed by atoms with Gasteiger partial charge in [-0.05, 0) is 37.3 Å². The van der Waals surface area contributed by atoms with Crippen LogP contribution in [0.3, 0.4) is 0 Å². The Morgan fingerprint density at radius 3 is 3.04 bits per heavy atom. The number of thiazole rings is 1. The summed E-state index contributed by atoms with van der Waals surface area (Å²) >= 11 is 1.43. The van der Waals surface area contributed by atoms with Crippen LogP contribution in [0.2, 0.25) is 0 Å². The van der Waals surface area contributed by atoms with E-state index in [0.29, 0.717) is 23.9 Å². The number of nitrogens with two attached hydrogens (primary N) is 1. The lowest BCUT2D eigenvalue weighted by molar-refractivity contribution is -0.133. The van der Waals surface area contributed by atoms with E-state index in [2.05, 4.69) is 15.0 Å². The van der Waals surface area contributed by atoms with E-state index in [9.17, 15) is 4.79 Å². The molecule has 1 aromatic carbocycles. The predicted octanol–water partition coefficient (Wildman–Crippen LogP) is 3.02. The first kappa shape index (κ1) is 17.0. The average molecular weight is 369 g/mol. The van der Waals surface area contributed by atoms with E-state index < -0.39 is 0 Å². The van der Waals surface area contributed by atoms with E-state index in [-0.39, 0.29) is 5.91 Å². The van der Waals surface area contributed by atoms with Crippen molar-refractivity contribution < 1.29 is 4.79 Å². The number of piperidine rings is 1. The number of aryl methyl sites for hydroxylation is 1. The molecule has 136 valence electrons. The molecule has 1 aliphatic rings. The maximum atomic E-state index is 12.6. The number of fused-ring (bicyclic) bond motifs is 1. The second-order valence-corrected chi connectivity index (χ2v) is 7.82. The maximum Gasteiger partial charge on any atom is 0.222 e. The Kier molecular flexibility index (Phi) is 4.88. The Morgan fingerprint density at radius 1 is 1.35 bits per heavy atom. The Labute approximate surface area is 156 Å². The molecule has 1 aliphatic heterocycles. The van der Waals surface area contributed by atoms with Crippen LogP contribution in [-0.4, -0.2) is 38.8 Å². The lowest BCUT2D eigenvalue weighted by atomic mass is 9.94. The molecule has 0 unspecified atom stereocenters. The number of hydrogen-bond donors (Lipinski definition) is 2. The van der Waals surface area contributed by atoms with Crippen molar-refractivity contribution in [2.24, 2.45) is 5.92 Å². The fourth-order valence-corrected chi connectivity index (χ4v) is 4.26. The number of imidazole rings is 1. The van der Waals surface area contributed by atoms with Crippen LogP contribution in [0.1, 0.15) is 30.8 Å². The molecule has 0 aliphatic carbocycles. The van der Waals surface area contributed by atoms with Gasteiger partial charge in [0.2, 0.25) is 5.91 Å². The lowest BCUT2D eigenvalue weighted by Gasteiger charge is -2.32. The molecule has 3 aromatic rings. The van der Waals surface area contributed by atoms with Gasteiger partial charge in [0.1, 0.15) is 5.82 Å². The van der Waals surface area contributed by atoms with Crippen molar-refractivity contribution >= 4 is 33.4 Å². The Hall–Kier alpha value is -2.41. The minimum absolute atomic E-state index is 0.214. The number of likely N-dealkylation sites (tertiary alicyclic amines) is 1. The van der Waals surface area contributed by atoms with Crippen LogP contribution >= 0.6 is 11.3 Å². The number of aromatic amines is 1. The number of amides is 1. The summed E-state index contributed by atoms with van der Waals surface area (Å²) in [7, 11) is 0. The van der Waals surface area contributed by atoms with Crippen LogP contribution in [0.15, 0.2) is 29.6 Å². The second kappa shape index (κ2) is 7.45. The third-order valence-corrected chi connectivity index (χ3v) is 5.68. The first-order valence-electron chi connectivity index (χ1n) is 9.08. The summed E-state index contributed by atoms with van der Waals surface area (Å²) in [4.78, 5) is 26.9. The zero-order valence-electron chi connectivity index (χ0n) is 14.6. The quantitative estimate of drug-likeness (QED) is 0.724. The summed E-state index contributed by atoms with van der Waals surface area (Å²) in [6, 6.07) is 8.09. The minimum atomic E-state index is 0.214. The predicted molar refractivity (Wildman–Crippen MR) is 104 cm³/mol. The molecule has 4 rings (SSSR count). The van der Waals surface area contributed by atoms with E-state index in [4.69, 9.17) is 5.73 Å². The normalized spacial score (nSPS) is 17.7. The Morgan fingerprint density at radius 2 is 2.23 bits per heavy atom. The van der Waals surface area contributed by atoms with Crippen LogP contribution in [0.25, 0.3) is 11.0 Å². The van der Waals surface area contributed by atoms with Crippen LogP contribution in [0.4, 0.5) is 5.13 Å². The summed E-state index contributed by atoms with van der Waals surface area (Å²) in [6.07, 6.45) is 4.25. The van der Waals surface area contributed by atoms with Gasteiger partial charge < -0.3 is 15.6 Å². The standard InChI is InChI=1S/C19H23N5OS/c20-19-21-14(12-26-19)7-8-18(25)24-9-3-4-13(11-24)10-17-22-15-5-1-2-6-16(15)23-17/h1-2,5-6,12-13H,3-4,7-11H2,(H2,20,21)(H,22,23)/t13-/m0/s1. The number of hydrogen-bond acceptors (Lipinski definition) is 5. The van der Waals surface area contributed by atoms with E-state index in [0.717, 1.165) is 54.9 Å². The fourth-order valence-electron chi connectivity index (χ4n) is 3.66. The zero-order chi connectivity index (χ0) is 17.9. The van der Waals surface area contributed by atoms with E-state index in [1.54, 1.807) is 0 Å². The number of rotatable bonds is 5. The topological polar surface area (TPSA) is 87.9 Å². The number of nitrogen functional groups attached to an aromatic ring is 1. The number of nitrogens with zero attached hydrogens (tertiary/aromatic N) is 3. The molecule has 3 N–H and O–H groups in total. The van der Waals surface area contributed by atoms with Crippen LogP contribution in [0.5, 0.6) is 0 Å². The van der Waals surface area contributed by atoms with E-state index >= 15 is 0 Å². The highest BCUT2D eigenvalue weighted by atomic mass is 32.1. The highest BCUT2D eigenvalue weighted by Gasteiger charge is 2.24. The summed E-state index contributed by atoms with van der Waals surface area (Å²) in [5, 5.41) is 2.50. The molecular weight excluding hydrogens is 346 g/mol. The van der Waals surface area contributed by atoms with Gasteiger partial charge in [0.25, 0.3) is 0 Å². The molecule has 0 spiro atoms. The molecule has 3 heterocycles. The number of H-pyrrole nitrogens is 1. The van der Waals surface area contributed by atoms with Gasteiger partial charge in [-0.3, -0.25) is 4.79 Å². The highest BCUT2D eigenvalue weighted by molar-refractivity contribution is 7.13. The molecular formula is C19H23N5OS. The maximum absolute atomic E-state index is 12.6. The fraction of sp³-hybridized carbons (Fsp3) is 0.421. The summed E-state index contributed by atoms with van der Waals surface area (Å²) in [6.45, 7) is 1.67. The molecule has 6 nitrogen and oxygen atoms in total. The van der Waals surface area contributed by atoms with Gasteiger partial charge in [-0.15, -0.1) is 11.3 Å². The molecule has 26 heavy (non-hydrogen) atoms. The Bertz CT molecular complexity index is 869. The van der Waals surface area contributed by atoms with Crippen molar-refractivity contribution in [3.05, 3.63) is 41.2 Å². The zero-order valence-corrected chi connectivity index (χ0v) is 15.5. The van der Waals surface area contributed by atoms with Gasteiger partial charge in [0.05, 0.1) is 16.7 Å². The van der Waals surface area contributed by atoms with E-state index in [1.165, 1.54) is 11.3 Å². The number of carbonyl (C=O) groups excluding carboxylic acids is 1. The molecule has 1 saturated heterocycles. The molecule has 0 bridgehead atoms. The minimum Gasteiger partial charge on any atom is -0.375 e. The highest BCUT2D eigenvalue weighted by Crippen LogP contribution is 2.22.